The largest absolute Gasteiger partial charge is 0.480 e. The highest BCUT2D eigenvalue weighted by atomic mass is 16.4. The van der Waals surface area contributed by atoms with Gasteiger partial charge in [0.05, 0.1) is 6.04 Å². The van der Waals surface area contributed by atoms with Crippen molar-refractivity contribution in [3.05, 3.63) is 0 Å². The first-order chi connectivity index (χ1) is 18.8. The molecule has 0 saturated heterocycles. The molecule has 0 rings (SSSR count). The van der Waals surface area contributed by atoms with Gasteiger partial charge in [0.15, 0.2) is 11.9 Å². The number of guanidine groups is 2. The van der Waals surface area contributed by atoms with E-state index in [0.717, 1.165) is 0 Å². The second kappa shape index (κ2) is 20.3. The van der Waals surface area contributed by atoms with Crippen molar-refractivity contribution in [1.82, 2.24) is 16.0 Å². The predicted molar refractivity (Wildman–Crippen MR) is 154 cm³/mol. The summed E-state index contributed by atoms with van der Waals surface area (Å²) in [5, 5.41) is 17.4. The molecule has 5 atom stereocenters. The number of carbonyl (C=O) groups is 4. The molecule has 0 heterocycles. The Balaban J connectivity index is 5.64. The third kappa shape index (κ3) is 15.7. The maximum Gasteiger partial charge on any atom is 0.326 e. The highest BCUT2D eigenvalue weighted by Crippen LogP contribution is 2.10. The summed E-state index contributed by atoms with van der Waals surface area (Å²) >= 11 is 0. The molecule has 16 N–H and O–H groups in total. The number of hydrogen-bond acceptors (Lipinski definition) is 8. The van der Waals surface area contributed by atoms with Gasteiger partial charge in [-0.3, -0.25) is 24.4 Å². The van der Waals surface area contributed by atoms with E-state index in [4.69, 9.17) is 34.4 Å². The first-order valence-electron chi connectivity index (χ1n) is 13.5. The number of aliphatic carboxylic acids is 1. The molecule has 0 spiro atoms. The van der Waals surface area contributed by atoms with Crippen molar-refractivity contribution in [2.75, 3.05) is 19.6 Å². The molecule has 5 unspecified atom stereocenters. The van der Waals surface area contributed by atoms with Crippen molar-refractivity contribution in [3.63, 3.8) is 0 Å². The maximum absolute atomic E-state index is 13.3. The molecule has 0 radical (unpaired) electrons. The number of hydrogen-bond donors (Lipinski definition) is 10. The van der Waals surface area contributed by atoms with E-state index in [1.54, 1.807) is 6.92 Å². The molecule has 230 valence electrons. The van der Waals surface area contributed by atoms with Crippen molar-refractivity contribution < 1.29 is 24.3 Å². The van der Waals surface area contributed by atoms with Gasteiger partial charge in [-0.25, -0.2) is 4.79 Å². The van der Waals surface area contributed by atoms with Gasteiger partial charge in [-0.1, -0.05) is 20.3 Å². The van der Waals surface area contributed by atoms with E-state index >= 15 is 0 Å². The molecule has 16 heteroatoms. The molecule has 0 fully saturated rings. The monoisotopic (exact) mass is 571 g/mol. The number of aliphatic imine (C=N–C) groups is 2. The number of nitrogens with zero attached hydrogens (tertiary/aromatic N) is 2. The van der Waals surface area contributed by atoms with Crippen molar-refractivity contribution >= 4 is 35.6 Å². The molecule has 16 nitrogen and oxygen atoms in total. The van der Waals surface area contributed by atoms with Crippen LogP contribution in [-0.4, -0.2) is 84.5 Å². The fourth-order valence-corrected chi connectivity index (χ4v) is 3.67. The maximum atomic E-state index is 13.3. The molecule has 0 aliphatic carbocycles. The first-order valence-corrected chi connectivity index (χ1v) is 13.5. The summed E-state index contributed by atoms with van der Waals surface area (Å²) in [6.07, 6.45) is 3.06. The van der Waals surface area contributed by atoms with Crippen LogP contribution in [0.15, 0.2) is 9.98 Å². The van der Waals surface area contributed by atoms with Gasteiger partial charge in [0.2, 0.25) is 17.7 Å². The normalized spacial score (nSPS) is 14.5. The lowest BCUT2D eigenvalue weighted by Gasteiger charge is -2.26. The summed E-state index contributed by atoms with van der Waals surface area (Å²) in [6.45, 7) is 4.41. The number of nitrogens with one attached hydrogen (secondary N) is 3. The molecule has 3 amide bonds. The van der Waals surface area contributed by atoms with Crippen molar-refractivity contribution in [1.29, 1.82) is 0 Å². The van der Waals surface area contributed by atoms with Crippen LogP contribution in [0, 0.1) is 5.92 Å². The minimum atomic E-state index is -1.17. The average molecular weight is 572 g/mol. The van der Waals surface area contributed by atoms with E-state index in [0.29, 0.717) is 45.2 Å². The topological polar surface area (TPSA) is 305 Å². The third-order valence-corrected chi connectivity index (χ3v) is 6.24. The number of nitrogens with two attached hydrogens (primary N) is 6. The summed E-state index contributed by atoms with van der Waals surface area (Å²) in [7, 11) is 0. The van der Waals surface area contributed by atoms with Crippen LogP contribution in [0.2, 0.25) is 0 Å². The van der Waals surface area contributed by atoms with Crippen LogP contribution in [0.4, 0.5) is 0 Å². The van der Waals surface area contributed by atoms with Gasteiger partial charge >= 0.3 is 5.97 Å². The minimum Gasteiger partial charge on any atom is -0.480 e. The predicted octanol–water partition coefficient (Wildman–Crippen LogP) is -2.87. The minimum absolute atomic E-state index is 0.0700. The van der Waals surface area contributed by atoms with Crippen LogP contribution in [0.3, 0.4) is 0 Å². The van der Waals surface area contributed by atoms with Crippen LogP contribution in [-0.2, 0) is 19.2 Å². The van der Waals surface area contributed by atoms with E-state index in [-0.39, 0.29) is 43.6 Å². The Kier molecular flexibility index (Phi) is 18.4. The molecule has 0 aromatic carbocycles. The molecule has 0 aliphatic heterocycles. The number of carbonyl (C=O) groups excluding carboxylic acids is 3. The molecular formula is C24H49N11O5. The second-order valence-corrected chi connectivity index (χ2v) is 9.62. The van der Waals surface area contributed by atoms with Gasteiger partial charge < -0.3 is 55.5 Å². The van der Waals surface area contributed by atoms with Gasteiger partial charge in [0.1, 0.15) is 18.1 Å². The number of unbranched alkanes of at least 4 members (excludes halogenated alkanes) is 1. The fraction of sp³-hybridized carbons (Fsp3) is 0.750. The zero-order valence-electron chi connectivity index (χ0n) is 23.6. The van der Waals surface area contributed by atoms with Crippen molar-refractivity contribution in [2.24, 2.45) is 50.3 Å². The van der Waals surface area contributed by atoms with Crippen LogP contribution in [0.5, 0.6) is 0 Å². The molecule has 0 aliphatic rings. The standard InChI is InChI=1S/C24H49N11O5/c1-3-14(2)18(22(39)40)35-21(38)16(9-4-5-11-25)34-20(37)17(10-7-13-32-24(29)30)33-19(36)15(26)8-6-12-31-23(27)28/h14-18H,3-13,25-26H2,1-2H3,(H,33,36)(H,34,37)(H,35,38)(H,39,40)(H4,27,28,31)(H4,29,30,32). The summed E-state index contributed by atoms with van der Waals surface area (Å²) in [5.41, 5.74) is 32.9. The van der Waals surface area contributed by atoms with Gasteiger partial charge in [0, 0.05) is 13.1 Å². The van der Waals surface area contributed by atoms with Gasteiger partial charge in [-0.15, -0.1) is 0 Å². The molecule has 0 saturated carbocycles. The zero-order valence-corrected chi connectivity index (χ0v) is 23.6. The summed E-state index contributed by atoms with van der Waals surface area (Å²) < 4.78 is 0. The Morgan fingerprint density at radius 1 is 0.750 bits per heavy atom. The Bertz CT molecular complexity index is 860. The Hall–Kier alpha value is -3.66. The molecular weight excluding hydrogens is 522 g/mol. The lowest BCUT2D eigenvalue weighted by atomic mass is 9.98. The second-order valence-electron chi connectivity index (χ2n) is 9.62. The Labute approximate surface area is 235 Å². The Morgan fingerprint density at radius 3 is 1.70 bits per heavy atom. The van der Waals surface area contributed by atoms with Crippen LogP contribution >= 0.6 is 0 Å². The van der Waals surface area contributed by atoms with E-state index in [2.05, 4.69) is 25.9 Å². The average Bonchev–Trinajstić information content (AvgIpc) is 2.89. The molecule has 0 aromatic rings. The van der Waals surface area contributed by atoms with Crippen LogP contribution in [0.1, 0.15) is 65.2 Å². The summed E-state index contributed by atoms with van der Waals surface area (Å²) in [5.74, 6) is -3.53. The number of amides is 3. The van der Waals surface area contributed by atoms with Crippen LogP contribution < -0.4 is 50.4 Å². The van der Waals surface area contributed by atoms with E-state index in [9.17, 15) is 24.3 Å². The van der Waals surface area contributed by atoms with Crippen molar-refractivity contribution in [3.8, 4) is 0 Å². The van der Waals surface area contributed by atoms with Gasteiger partial charge in [0.25, 0.3) is 0 Å². The summed E-state index contributed by atoms with van der Waals surface area (Å²) in [4.78, 5) is 58.6. The molecule has 0 bridgehead atoms. The van der Waals surface area contributed by atoms with Gasteiger partial charge in [-0.2, -0.15) is 0 Å². The van der Waals surface area contributed by atoms with Crippen molar-refractivity contribution in [2.45, 2.75) is 89.4 Å². The summed E-state index contributed by atoms with van der Waals surface area (Å²) in [6, 6.07) is -4.16. The molecule has 0 aromatic heterocycles. The molecule has 40 heavy (non-hydrogen) atoms. The van der Waals surface area contributed by atoms with E-state index in [1.807, 2.05) is 6.92 Å². The fourth-order valence-electron chi connectivity index (χ4n) is 3.67. The zero-order chi connectivity index (χ0) is 30.7. The van der Waals surface area contributed by atoms with E-state index < -0.39 is 47.9 Å². The first kappa shape index (κ1) is 36.3. The lowest BCUT2D eigenvalue weighted by molar-refractivity contribution is -0.144. The number of carboxylic acid groups (broad SMARTS) is 1. The van der Waals surface area contributed by atoms with E-state index in [1.165, 1.54) is 0 Å². The highest BCUT2D eigenvalue weighted by Gasteiger charge is 2.31. The SMILES string of the molecule is CCC(C)C(NC(=O)C(CCCCN)NC(=O)C(CCCN=C(N)N)NC(=O)C(N)CCCN=C(N)N)C(=O)O. The third-order valence-electron chi connectivity index (χ3n) is 6.24. The number of carboxylic acids is 1. The highest BCUT2D eigenvalue weighted by molar-refractivity contribution is 5.94. The smallest absolute Gasteiger partial charge is 0.326 e. The quantitative estimate of drug-likeness (QED) is 0.0379. The van der Waals surface area contributed by atoms with Gasteiger partial charge in [-0.05, 0) is 57.4 Å². The number of rotatable bonds is 21. The van der Waals surface area contributed by atoms with Crippen LogP contribution in [0.25, 0.3) is 0 Å². The Morgan fingerprint density at radius 2 is 1.23 bits per heavy atom. The lowest BCUT2D eigenvalue weighted by Crippen LogP contribution is -2.57.